The third-order valence-electron chi connectivity index (χ3n) is 8.78. The highest BCUT2D eigenvalue weighted by atomic mass is 35.5. The number of hydrogen-bond donors (Lipinski definition) is 2. The summed E-state index contributed by atoms with van der Waals surface area (Å²) in [6.45, 7) is 7.00. The number of nitrogens with zero attached hydrogens (tertiary/aromatic N) is 8. The van der Waals surface area contributed by atoms with Crippen molar-refractivity contribution in [2.75, 3.05) is 61.8 Å². The van der Waals surface area contributed by atoms with Crippen LogP contribution in [0.4, 0.5) is 17.5 Å². The van der Waals surface area contributed by atoms with Crippen molar-refractivity contribution in [1.29, 1.82) is 0 Å². The predicted molar refractivity (Wildman–Crippen MR) is 177 cm³/mol. The summed E-state index contributed by atoms with van der Waals surface area (Å²) >= 11 is 6.16. The zero-order chi connectivity index (χ0) is 31.7. The molecule has 0 saturated carbocycles. The number of rotatable bonds is 6. The number of hydrogen-bond acceptors (Lipinski definition) is 9. The molecule has 2 saturated heterocycles. The van der Waals surface area contributed by atoms with Gasteiger partial charge in [-0.2, -0.15) is 0 Å². The van der Waals surface area contributed by atoms with Crippen LogP contribution in [0.2, 0.25) is 5.02 Å². The van der Waals surface area contributed by atoms with Gasteiger partial charge in [0.25, 0.3) is 11.5 Å². The van der Waals surface area contributed by atoms with Crippen LogP contribution >= 0.6 is 11.6 Å². The molecular weight excluding hydrogens is 592 g/mol. The summed E-state index contributed by atoms with van der Waals surface area (Å²) in [5.74, 6) is 1.53. The molecule has 2 aliphatic heterocycles. The smallest absolute Gasteiger partial charge is 0.284 e. The first-order valence-electron chi connectivity index (χ1n) is 15.3. The van der Waals surface area contributed by atoms with Crippen molar-refractivity contribution in [3.05, 3.63) is 75.3 Å². The Kier molecular flexibility index (Phi) is 8.77. The van der Waals surface area contributed by atoms with Gasteiger partial charge in [-0.1, -0.05) is 23.7 Å². The summed E-state index contributed by atoms with van der Waals surface area (Å²) in [5, 5.41) is 3.60. The van der Waals surface area contributed by atoms with Crippen molar-refractivity contribution < 1.29 is 4.79 Å². The van der Waals surface area contributed by atoms with E-state index in [4.69, 9.17) is 27.3 Å². The van der Waals surface area contributed by atoms with Crippen molar-refractivity contribution in [3.8, 4) is 17.1 Å². The van der Waals surface area contributed by atoms with Crippen LogP contribution in [0.25, 0.3) is 17.1 Å². The molecule has 45 heavy (non-hydrogen) atoms. The first-order valence-corrected chi connectivity index (χ1v) is 15.7. The monoisotopic (exact) mass is 630 g/mol. The summed E-state index contributed by atoms with van der Waals surface area (Å²) in [4.78, 5) is 47.8. The zero-order valence-electron chi connectivity index (χ0n) is 25.9. The van der Waals surface area contributed by atoms with Crippen LogP contribution in [0.5, 0.6) is 0 Å². The standard InChI is InChI=1S/C32H39ClN10O2/c1-21-28(32(45)43(40(21)3)24-8-4-7-22(33)19-24)31(44)36-23-11-15-42(16-12-23)30-29(34)35-20-26(38-30)25-9-5-10-27(37-25)41-14-6-13-39(2)17-18-41/h4-5,7-10,19-20,23H,6,11-18H2,1-3H3,(H2,34,35)(H,36,44). The molecule has 0 radical (unpaired) electrons. The molecule has 6 rings (SSSR count). The maximum Gasteiger partial charge on any atom is 0.284 e. The number of nitrogens with one attached hydrogen (secondary N) is 1. The van der Waals surface area contributed by atoms with Crippen LogP contribution in [0, 0.1) is 6.92 Å². The van der Waals surface area contributed by atoms with Crippen LogP contribution in [0.1, 0.15) is 35.3 Å². The number of nitrogen functional groups attached to an aromatic ring is 1. The van der Waals surface area contributed by atoms with Gasteiger partial charge in [0, 0.05) is 50.8 Å². The Morgan fingerprint density at radius 1 is 0.956 bits per heavy atom. The van der Waals surface area contributed by atoms with Crippen molar-refractivity contribution >= 4 is 35.0 Å². The Labute approximate surface area is 267 Å². The maximum absolute atomic E-state index is 13.4. The number of halogens is 1. The molecule has 1 aromatic carbocycles. The lowest BCUT2D eigenvalue weighted by atomic mass is 10.0. The molecule has 12 nitrogen and oxygen atoms in total. The van der Waals surface area contributed by atoms with E-state index in [1.165, 1.54) is 4.68 Å². The number of amides is 1. The minimum Gasteiger partial charge on any atom is -0.381 e. The van der Waals surface area contributed by atoms with Crippen molar-refractivity contribution in [1.82, 2.24) is 34.5 Å². The van der Waals surface area contributed by atoms with Crippen LogP contribution in [0.3, 0.4) is 0 Å². The van der Waals surface area contributed by atoms with Crippen LogP contribution in [0.15, 0.2) is 53.5 Å². The van der Waals surface area contributed by atoms with Crippen molar-refractivity contribution in [2.45, 2.75) is 32.2 Å². The molecule has 5 heterocycles. The highest BCUT2D eigenvalue weighted by Gasteiger charge is 2.28. The maximum atomic E-state index is 13.4. The molecule has 236 valence electrons. The third kappa shape index (κ3) is 6.38. The topological polar surface area (TPSA) is 130 Å². The number of carbonyl (C=O) groups excluding carboxylic acids is 1. The fourth-order valence-electron chi connectivity index (χ4n) is 6.12. The van der Waals surface area contributed by atoms with E-state index in [0.717, 1.165) is 44.1 Å². The van der Waals surface area contributed by atoms with Crippen molar-refractivity contribution in [2.24, 2.45) is 7.05 Å². The lowest BCUT2D eigenvalue weighted by Gasteiger charge is -2.33. The van der Waals surface area contributed by atoms with Crippen LogP contribution in [-0.2, 0) is 7.05 Å². The molecule has 13 heteroatoms. The summed E-state index contributed by atoms with van der Waals surface area (Å²) in [6, 6.07) is 12.9. The fourth-order valence-corrected chi connectivity index (χ4v) is 6.31. The lowest BCUT2D eigenvalue weighted by molar-refractivity contribution is 0.0929. The van der Waals surface area contributed by atoms with Gasteiger partial charge < -0.3 is 25.8 Å². The van der Waals surface area contributed by atoms with Gasteiger partial charge in [0.1, 0.15) is 17.1 Å². The SMILES string of the molecule is Cc1c(C(=O)NC2CCN(c3nc(-c4cccc(N5CCCN(C)CC5)n4)cnc3N)CC2)c(=O)n(-c2cccc(Cl)c2)n1C. The van der Waals surface area contributed by atoms with E-state index in [9.17, 15) is 9.59 Å². The molecule has 2 fully saturated rings. The highest BCUT2D eigenvalue weighted by molar-refractivity contribution is 6.30. The van der Waals surface area contributed by atoms with Gasteiger partial charge in [0.2, 0.25) is 0 Å². The van der Waals surface area contributed by atoms with E-state index >= 15 is 0 Å². The number of piperidine rings is 1. The van der Waals surface area contributed by atoms with Gasteiger partial charge in [-0.05, 0) is 70.1 Å². The molecule has 3 aromatic heterocycles. The molecule has 0 unspecified atom stereocenters. The van der Waals surface area contributed by atoms with Crippen LogP contribution in [-0.4, -0.2) is 87.5 Å². The summed E-state index contributed by atoms with van der Waals surface area (Å²) in [7, 11) is 3.91. The Morgan fingerprint density at radius 3 is 2.51 bits per heavy atom. The average molecular weight is 631 g/mol. The second-order valence-electron chi connectivity index (χ2n) is 11.8. The van der Waals surface area contributed by atoms with Gasteiger partial charge in [0.15, 0.2) is 11.6 Å². The third-order valence-corrected chi connectivity index (χ3v) is 9.02. The fraction of sp³-hybridized carbons (Fsp3) is 0.406. The number of benzene rings is 1. The zero-order valence-corrected chi connectivity index (χ0v) is 26.7. The highest BCUT2D eigenvalue weighted by Crippen LogP contribution is 2.27. The van der Waals surface area contributed by atoms with Gasteiger partial charge >= 0.3 is 0 Å². The molecule has 0 aliphatic carbocycles. The Balaban J connectivity index is 1.13. The number of pyridine rings is 1. The average Bonchev–Trinajstić information content (AvgIpc) is 3.14. The van der Waals surface area contributed by atoms with E-state index in [1.54, 1.807) is 49.1 Å². The minimum atomic E-state index is -0.382. The summed E-state index contributed by atoms with van der Waals surface area (Å²) in [6.07, 6.45) is 4.11. The number of carbonyl (C=O) groups is 1. The molecule has 3 N–H and O–H groups in total. The van der Waals surface area contributed by atoms with Gasteiger partial charge in [-0.15, -0.1) is 0 Å². The first kappa shape index (κ1) is 30.6. The summed E-state index contributed by atoms with van der Waals surface area (Å²) in [5.41, 5.74) is 8.65. The predicted octanol–water partition coefficient (Wildman–Crippen LogP) is 3.11. The Hall–Kier alpha value is -4.42. The molecule has 0 spiro atoms. The minimum absolute atomic E-state index is 0.101. The molecule has 2 aliphatic rings. The Morgan fingerprint density at radius 2 is 1.73 bits per heavy atom. The van der Waals surface area contributed by atoms with E-state index in [1.807, 2.05) is 18.2 Å². The van der Waals surface area contributed by atoms with E-state index in [2.05, 4.69) is 32.0 Å². The largest absolute Gasteiger partial charge is 0.381 e. The first-order chi connectivity index (χ1) is 21.7. The Bertz CT molecular complexity index is 1760. The van der Waals surface area contributed by atoms with Gasteiger partial charge in [-0.3, -0.25) is 14.3 Å². The molecule has 4 aromatic rings. The number of nitrogens with two attached hydrogens (primary N) is 1. The molecule has 1 amide bonds. The summed E-state index contributed by atoms with van der Waals surface area (Å²) < 4.78 is 3.14. The second kappa shape index (κ2) is 12.9. The normalized spacial score (nSPS) is 16.5. The number of anilines is 3. The van der Waals surface area contributed by atoms with Gasteiger partial charge in [0.05, 0.1) is 23.3 Å². The number of aromatic nitrogens is 5. The van der Waals surface area contributed by atoms with Crippen molar-refractivity contribution in [3.63, 3.8) is 0 Å². The lowest BCUT2D eigenvalue weighted by Crippen LogP contribution is -2.46. The number of likely N-dealkylation sites (N-methyl/N-ethyl adjacent to an activating group) is 1. The van der Waals surface area contributed by atoms with E-state index in [-0.39, 0.29) is 23.1 Å². The molecule has 0 atom stereocenters. The van der Waals surface area contributed by atoms with E-state index < -0.39 is 0 Å². The van der Waals surface area contributed by atoms with Crippen LogP contribution < -0.4 is 26.4 Å². The molecular formula is C32H39ClN10O2. The van der Waals surface area contributed by atoms with Gasteiger partial charge in [-0.25, -0.2) is 19.6 Å². The molecule has 0 bridgehead atoms. The second-order valence-corrected chi connectivity index (χ2v) is 12.2. The quantitative estimate of drug-likeness (QED) is 0.330. The van der Waals surface area contributed by atoms with E-state index in [0.29, 0.717) is 59.7 Å².